The van der Waals surface area contributed by atoms with Crippen LogP contribution in [0.25, 0.3) is 31.4 Å². The topological polar surface area (TPSA) is 3.88 Å². The number of aromatic nitrogens is 1. The first-order valence-electron chi connectivity index (χ1n) is 8.52. The molecular formula is C22H22NS+. The minimum atomic E-state index is 0.983. The Hall–Kier alpha value is -2.19. The van der Waals surface area contributed by atoms with E-state index in [9.17, 15) is 0 Å². The van der Waals surface area contributed by atoms with Crippen LogP contribution in [0.5, 0.6) is 0 Å². The molecule has 4 rings (SSSR count). The molecule has 120 valence electrons. The molecule has 0 aliphatic carbocycles. The second kappa shape index (κ2) is 5.71. The van der Waals surface area contributed by atoms with Gasteiger partial charge in [0.1, 0.15) is 6.54 Å². The largest absolute Gasteiger partial charge is 0.214 e. The Labute approximate surface area is 147 Å². The average Bonchev–Trinajstić information content (AvgIpc) is 2.95. The number of hydrogen-bond acceptors (Lipinski definition) is 1. The summed E-state index contributed by atoms with van der Waals surface area (Å²) in [7, 11) is 0. The van der Waals surface area contributed by atoms with Crippen LogP contribution in [0.4, 0.5) is 0 Å². The lowest BCUT2D eigenvalue weighted by Crippen LogP contribution is -2.35. The predicted molar refractivity (Wildman–Crippen MR) is 105 cm³/mol. The number of aryl methyl sites for hydroxylation is 4. The van der Waals surface area contributed by atoms with Gasteiger partial charge in [-0.2, -0.15) is 4.57 Å². The smallest absolute Gasteiger partial charge is 0.198 e. The van der Waals surface area contributed by atoms with Crippen molar-refractivity contribution in [2.75, 3.05) is 0 Å². The highest BCUT2D eigenvalue weighted by molar-refractivity contribution is 7.26. The van der Waals surface area contributed by atoms with Crippen molar-refractivity contribution >= 4 is 31.5 Å². The van der Waals surface area contributed by atoms with Crippen LogP contribution in [0.3, 0.4) is 0 Å². The van der Waals surface area contributed by atoms with Gasteiger partial charge in [0.15, 0.2) is 6.20 Å². The average molecular weight is 332 g/mol. The maximum atomic E-state index is 2.38. The van der Waals surface area contributed by atoms with Crippen molar-refractivity contribution in [2.24, 2.45) is 0 Å². The lowest BCUT2D eigenvalue weighted by Gasteiger charge is -2.10. The first kappa shape index (κ1) is 15.3. The molecule has 0 bridgehead atoms. The molecular weight excluding hydrogens is 310 g/mol. The Morgan fingerprint density at radius 3 is 2.46 bits per heavy atom. The van der Waals surface area contributed by atoms with Gasteiger partial charge in [-0.15, -0.1) is 11.3 Å². The van der Waals surface area contributed by atoms with Gasteiger partial charge in [0.25, 0.3) is 0 Å². The first-order chi connectivity index (χ1) is 11.6. The molecule has 0 unspecified atom stereocenters. The van der Waals surface area contributed by atoms with E-state index >= 15 is 0 Å². The number of benzene rings is 2. The van der Waals surface area contributed by atoms with Gasteiger partial charge in [-0.3, -0.25) is 0 Å². The standard InChI is InChI=1S/C22H22NS/c1-5-23-13-16(4)15(3)12-19(23)21-14(2)10-11-18-17-8-6-7-9-20(17)24-22(18)21/h6-13H,5H2,1-4H3/q+1. The minimum Gasteiger partial charge on any atom is -0.198 e. The molecule has 24 heavy (non-hydrogen) atoms. The summed E-state index contributed by atoms with van der Waals surface area (Å²) in [4.78, 5) is 0. The zero-order valence-corrected chi connectivity index (χ0v) is 15.5. The predicted octanol–water partition coefficient (Wildman–Crippen LogP) is 5.95. The summed E-state index contributed by atoms with van der Waals surface area (Å²) in [5.41, 5.74) is 6.77. The van der Waals surface area contributed by atoms with Crippen LogP contribution in [0.2, 0.25) is 0 Å². The highest BCUT2D eigenvalue weighted by atomic mass is 32.1. The molecule has 1 nitrogen and oxygen atoms in total. The minimum absolute atomic E-state index is 0.983. The summed E-state index contributed by atoms with van der Waals surface area (Å²) in [5.74, 6) is 0. The molecule has 0 amide bonds. The van der Waals surface area contributed by atoms with Gasteiger partial charge < -0.3 is 0 Å². The van der Waals surface area contributed by atoms with E-state index in [0.717, 1.165) is 6.54 Å². The third-order valence-corrected chi connectivity index (χ3v) is 6.19. The highest BCUT2D eigenvalue weighted by Crippen LogP contribution is 2.40. The van der Waals surface area contributed by atoms with E-state index in [4.69, 9.17) is 0 Å². The second-order valence-electron chi connectivity index (χ2n) is 6.54. The van der Waals surface area contributed by atoms with Crippen LogP contribution in [0, 0.1) is 20.8 Å². The van der Waals surface area contributed by atoms with Gasteiger partial charge in [0, 0.05) is 31.8 Å². The molecule has 0 aliphatic rings. The molecule has 2 heteroatoms. The lowest BCUT2D eigenvalue weighted by molar-refractivity contribution is -0.683. The Morgan fingerprint density at radius 2 is 1.67 bits per heavy atom. The van der Waals surface area contributed by atoms with Crippen molar-refractivity contribution in [3.8, 4) is 11.3 Å². The van der Waals surface area contributed by atoms with E-state index in [0.29, 0.717) is 0 Å². The van der Waals surface area contributed by atoms with Gasteiger partial charge in [0.2, 0.25) is 5.69 Å². The molecule has 0 spiro atoms. The Morgan fingerprint density at radius 1 is 0.875 bits per heavy atom. The number of thiophene rings is 1. The van der Waals surface area contributed by atoms with E-state index in [1.54, 1.807) is 0 Å². The van der Waals surface area contributed by atoms with Crippen LogP contribution in [-0.2, 0) is 6.54 Å². The fraction of sp³-hybridized carbons (Fsp3) is 0.227. The van der Waals surface area contributed by atoms with E-state index in [-0.39, 0.29) is 0 Å². The van der Waals surface area contributed by atoms with E-state index < -0.39 is 0 Å². The van der Waals surface area contributed by atoms with Crippen molar-refractivity contribution in [1.29, 1.82) is 0 Å². The molecule has 4 aromatic rings. The fourth-order valence-corrected chi connectivity index (χ4v) is 4.80. The summed E-state index contributed by atoms with van der Waals surface area (Å²) in [6.45, 7) is 9.83. The summed E-state index contributed by atoms with van der Waals surface area (Å²) in [6, 6.07) is 15.6. The third kappa shape index (κ3) is 2.25. The Balaban J connectivity index is 2.14. The van der Waals surface area contributed by atoms with Crippen LogP contribution in [0.15, 0.2) is 48.7 Å². The van der Waals surface area contributed by atoms with Crippen LogP contribution in [-0.4, -0.2) is 0 Å². The summed E-state index contributed by atoms with van der Waals surface area (Å²) >= 11 is 1.91. The first-order valence-corrected chi connectivity index (χ1v) is 9.33. The molecule has 2 aromatic heterocycles. The number of pyridine rings is 1. The van der Waals surface area contributed by atoms with E-state index in [2.05, 4.69) is 80.9 Å². The lowest BCUT2D eigenvalue weighted by atomic mass is 9.99. The molecule has 2 heterocycles. The van der Waals surface area contributed by atoms with Crippen LogP contribution < -0.4 is 4.57 Å². The Kier molecular flexibility index (Phi) is 3.65. The van der Waals surface area contributed by atoms with Gasteiger partial charge in [-0.25, -0.2) is 0 Å². The SMILES string of the molecule is CC[n+]1cc(C)c(C)cc1-c1c(C)ccc2c1sc1ccccc12. The number of nitrogens with zero attached hydrogens (tertiary/aromatic N) is 1. The van der Waals surface area contributed by atoms with Crippen molar-refractivity contribution in [2.45, 2.75) is 34.2 Å². The monoisotopic (exact) mass is 332 g/mol. The molecule has 0 aliphatic heterocycles. The fourth-order valence-electron chi connectivity index (χ4n) is 3.49. The highest BCUT2D eigenvalue weighted by Gasteiger charge is 2.20. The zero-order chi connectivity index (χ0) is 16.8. The summed E-state index contributed by atoms with van der Waals surface area (Å²) in [5, 5.41) is 2.74. The molecule has 0 fully saturated rings. The van der Waals surface area contributed by atoms with Gasteiger partial charge >= 0.3 is 0 Å². The van der Waals surface area contributed by atoms with Crippen molar-refractivity contribution < 1.29 is 4.57 Å². The summed E-state index contributed by atoms with van der Waals surface area (Å²) < 4.78 is 5.15. The van der Waals surface area contributed by atoms with E-state index in [1.165, 1.54) is 48.1 Å². The van der Waals surface area contributed by atoms with Crippen LogP contribution >= 0.6 is 11.3 Å². The van der Waals surface area contributed by atoms with Crippen LogP contribution in [0.1, 0.15) is 23.6 Å². The molecule has 0 radical (unpaired) electrons. The van der Waals surface area contributed by atoms with Crippen molar-refractivity contribution in [3.05, 3.63) is 65.4 Å². The normalized spacial score (nSPS) is 11.5. The number of hydrogen-bond donors (Lipinski definition) is 0. The van der Waals surface area contributed by atoms with Crippen molar-refractivity contribution in [1.82, 2.24) is 0 Å². The van der Waals surface area contributed by atoms with Gasteiger partial charge in [-0.05, 0) is 44.9 Å². The number of fused-ring (bicyclic) bond motifs is 3. The van der Waals surface area contributed by atoms with Crippen molar-refractivity contribution in [3.63, 3.8) is 0 Å². The molecule has 0 saturated heterocycles. The summed E-state index contributed by atoms with van der Waals surface area (Å²) in [6.07, 6.45) is 2.29. The van der Waals surface area contributed by atoms with Gasteiger partial charge in [0.05, 0.1) is 5.56 Å². The molecule has 2 aromatic carbocycles. The molecule has 0 saturated carbocycles. The van der Waals surface area contributed by atoms with Gasteiger partial charge in [-0.1, -0.05) is 30.3 Å². The third-order valence-electron chi connectivity index (χ3n) is 4.99. The molecule has 0 atom stereocenters. The Bertz CT molecular complexity index is 1070. The maximum Gasteiger partial charge on any atom is 0.214 e. The quantitative estimate of drug-likeness (QED) is 0.399. The second-order valence-corrected chi connectivity index (χ2v) is 7.60. The van der Waals surface area contributed by atoms with E-state index in [1.807, 2.05) is 11.3 Å². The maximum absolute atomic E-state index is 2.38. The molecule has 0 N–H and O–H groups in total. The number of rotatable bonds is 2. The zero-order valence-electron chi connectivity index (χ0n) is 14.7.